The van der Waals surface area contributed by atoms with Crippen molar-refractivity contribution in [2.75, 3.05) is 0 Å². The van der Waals surface area contributed by atoms with Crippen molar-refractivity contribution in [2.24, 2.45) is 4.99 Å². The van der Waals surface area contributed by atoms with E-state index >= 15 is 0 Å². The van der Waals surface area contributed by atoms with Crippen LogP contribution in [-0.4, -0.2) is 4.57 Å². The molecule has 0 bridgehead atoms. The monoisotopic (exact) mass is 558 g/mol. The first-order chi connectivity index (χ1) is 15.5. The summed E-state index contributed by atoms with van der Waals surface area (Å²) >= 11 is 14.4. The van der Waals surface area contributed by atoms with Crippen LogP contribution in [0.3, 0.4) is 0 Å². The number of halogens is 3. The van der Waals surface area contributed by atoms with Crippen LogP contribution in [0.15, 0.2) is 77.1 Å². The molecular formula is C27H25BrCl2N2S. The van der Waals surface area contributed by atoms with E-state index in [1.54, 1.807) is 11.3 Å². The topological polar surface area (TPSA) is 17.3 Å². The molecule has 0 radical (unpaired) electrons. The van der Waals surface area contributed by atoms with E-state index in [1.807, 2.05) is 12.1 Å². The minimum absolute atomic E-state index is 0. The highest BCUT2D eigenvalue weighted by molar-refractivity contribution is 8.93. The molecule has 0 unspecified atom stereocenters. The Balaban J connectivity index is 0.00000259. The van der Waals surface area contributed by atoms with E-state index in [1.165, 1.54) is 28.8 Å². The number of thiazole rings is 1. The summed E-state index contributed by atoms with van der Waals surface area (Å²) in [5.41, 5.74) is 6.96. The lowest BCUT2D eigenvalue weighted by Gasteiger charge is -2.43. The van der Waals surface area contributed by atoms with Crippen molar-refractivity contribution in [3.63, 3.8) is 0 Å². The van der Waals surface area contributed by atoms with E-state index in [0.717, 1.165) is 29.0 Å². The Labute approximate surface area is 219 Å². The third kappa shape index (κ3) is 4.59. The molecule has 0 saturated heterocycles. The van der Waals surface area contributed by atoms with Crippen LogP contribution < -0.4 is 4.80 Å². The molecular weight excluding hydrogens is 535 g/mol. The van der Waals surface area contributed by atoms with E-state index in [-0.39, 0.29) is 22.4 Å². The number of rotatable bonds is 4. The van der Waals surface area contributed by atoms with Crippen LogP contribution in [0, 0.1) is 13.8 Å². The van der Waals surface area contributed by atoms with Gasteiger partial charge in [-0.05, 0) is 68.7 Å². The lowest BCUT2D eigenvalue weighted by molar-refractivity contribution is 0.289. The molecule has 0 atom stereocenters. The van der Waals surface area contributed by atoms with Crippen molar-refractivity contribution in [1.29, 1.82) is 0 Å². The largest absolute Gasteiger partial charge is 0.289 e. The fourth-order valence-electron chi connectivity index (χ4n) is 4.41. The number of benzene rings is 3. The zero-order valence-electron chi connectivity index (χ0n) is 18.5. The predicted molar refractivity (Wildman–Crippen MR) is 146 cm³/mol. The SMILES string of the molecule is Br.Cc1ccc(/N=c2\scc(C3(c4ccc(Cl)c(Cl)c4)CCC3)n2-c2ccc(C)cc2)cc1. The van der Waals surface area contributed by atoms with Gasteiger partial charge in [0.25, 0.3) is 0 Å². The van der Waals surface area contributed by atoms with Crippen LogP contribution in [0.5, 0.6) is 0 Å². The Morgan fingerprint density at radius 3 is 2.06 bits per heavy atom. The molecule has 5 rings (SSSR count). The highest BCUT2D eigenvalue weighted by Crippen LogP contribution is 2.50. The van der Waals surface area contributed by atoms with Crippen LogP contribution in [-0.2, 0) is 5.41 Å². The molecule has 3 aromatic carbocycles. The lowest BCUT2D eigenvalue weighted by Crippen LogP contribution is -2.38. The highest BCUT2D eigenvalue weighted by atomic mass is 79.9. The Bertz CT molecular complexity index is 1330. The zero-order chi connectivity index (χ0) is 22.3. The molecule has 1 aliphatic rings. The molecule has 2 nitrogen and oxygen atoms in total. The molecule has 1 aliphatic carbocycles. The molecule has 1 aromatic heterocycles. The smallest absolute Gasteiger partial charge is 0.194 e. The molecule has 170 valence electrons. The molecule has 0 N–H and O–H groups in total. The van der Waals surface area contributed by atoms with Crippen molar-refractivity contribution in [2.45, 2.75) is 38.5 Å². The van der Waals surface area contributed by atoms with E-state index in [9.17, 15) is 0 Å². The fourth-order valence-corrected chi connectivity index (χ4v) is 5.72. The summed E-state index contributed by atoms with van der Waals surface area (Å²) in [6.45, 7) is 4.21. The zero-order valence-corrected chi connectivity index (χ0v) is 22.6. The summed E-state index contributed by atoms with van der Waals surface area (Å²) in [4.78, 5) is 6.00. The van der Waals surface area contributed by atoms with Gasteiger partial charge in [-0.2, -0.15) is 0 Å². The standard InChI is InChI=1S/C27H24Cl2N2S.BrH/c1-18-4-9-21(10-5-18)30-26-31(22-11-6-19(2)7-12-22)25(17-32-26)27(14-3-15-27)20-8-13-23(28)24(29)16-20;/h4-13,16-17H,3,14-15H2,1-2H3;1H/b30-26-;. The van der Waals surface area contributed by atoms with Crippen molar-refractivity contribution in [1.82, 2.24) is 4.57 Å². The molecule has 0 amide bonds. The number of aryl methyl sites for hydroxylation is 2. The number of nitrogens with zero attached hydrogens (tertiary/aromatic N) is 2. The maximum Gasteiger partial charge on any atom is 0.194 e. The van der Waals surface area contributed by atoms with Crippen molar-refractivity contribution < 1.29 is 0 Å². The van der Waals surface area contributed by atoms with Gasteiger partial charge in [0.05, 0.1) is 15.7 Å². The van der Waals surface area contributed by atoms with Gasteiger partial charge < -0.3 is 0 Å². The molecule has 0 spiro atoms. The van der Waals surface area contributed by atoms with Crippen molar-refractivity contribution in [3.8, 4) is 5.69 Å². The third-order valence-corrected chi connectivity index (χ3v) is 7.99. The Hall–Kier alpha value is -1.85. The van der Waals surface area contributed by atoms with Gasteiger partial charge in [-0.15, -0.1) is 28.3 Å². The minimum Gasteiger partial charge on any atom is -0.289 e. The van der Waals surface area contributed by atoms with Crippen molar-refractivity contribution >= 4 is 57.2 Å². The maximum atomic E-state index is 6.43. The Morgan fingerprint density at radius 1 is 0.848 bits per heavy atom. The van der Waals surface area contributed by atoms with E-state index in [4.69, 9.17) is 28.2 Å². The van der Waals surface area contributed by atoms with Crippen LogP contribution in [0.2, 0.25) is 10.0 Å². The second-order valence-electron chi connectivity index (χ2n) is 8.59. The van der Waals surface area contributed by atoms with Gasteiger partial charge in [0.2, 0.25) is 0 Å². The van der Waals surface area contributed by atoms with Crippen LogP contribution in [0.1, 0.15) is 41.6 Å². The average Bonchev–Trinajstić information content (AvgIpc) is 3.16. The molecule has 4 aromatic rings. The number of hydrogen-bond donors (Lipinski definition) is 0. The van der Waals surface area contributed by atoms with Gasteiger partial charge in [-0.1, -0.05) is 71.1 Å². The molecule has 6 heteroatoms. The molecule has 1 saturated carbocycles. The number of aromatic nitrogens is 1. The normalized spacial score (nSPS) is 15.1. The van der Waals surface area contributed by atoms with Crippen LogP contribution in [0.4, 0.5) is 5.69 Å². The van der Waals surface area contributed by atoms with Gasteiger partial charge in [-0.25, -0.2) is 4.99 Å². The molecule has 1 fully saturated rings. The minimum atomic E-state index is -0.0866. The Morgan fingerprint density at radius 2 is 1.48 bits per heavy atom. The molecule has 1 heterocycles. The fraction of sp³-hybridized carbons (Fsp3) is 0.222. The first-order valence-corrected chi connectivity index (χ1v) is 12.4. The molecule has 33 heavy (non-hydrogen) atoms. The van der Waals surface area contributed by atoms with Crippen molar-refractivity contribution in [3.05, 3.63) is 109 Å². The summed E-state index contributed by atoms with van der Waals surface area (Å²) < 4.78 is 2.33. The summed E-state index contributed by atoms with van der Waals surface area (Å²) in [6.07, 6.45) is 3.35. The van der Waals surface area contributed by atoms with E-state index in [0.29, 0.717) is 10.0 Å². The second kappa shape index (κ2) is 9.79. The average molecular weight is 560 g/mol. The summed E-state index contributed by atoms with van der Waals surface area (Å²) in [5, 5.41) is 3.47. The van der Waals surface area contributed by atoms with Gasteiger partial charge in [0.15, 0.2) is 4.80 Å². The van der Waals surface area contributed by atoms with Crippen LogP contribution >= 0.6 is 51.5 Å². The van der Waals surface area contributed by atoms with E-state index < -0.39 is 0 Å². The first-order valence-electron chi connectivity index (χ1n) is 10.8. The van der Waals surface area contributed by atoms with Gasteiger partial charge >= 0.3 is 0 Å². The Kier molecular flexibility index (Phi) is 7.20. The predicted octanol–water partition coefficient (Wildman–Crippen LogP) is 8.74. The first kappa shape index (κ1) is 24.3. The van der Waals surface area contributed by atoms with Gasteiger partial charge in [0.1, 0.15) is 0 Å². The van der Waals surface area contributed by atoms with Crippen LogP contribution in [0.25, 0.3) is 5.69 Å². The summed E-state index contributed by atoms with van der Waals surface area (Å²) in [7, 11) is 0. The lowest BCUT2D eigenvalue weighted by atomic mass is 9.62. The quantitative estimate of drug-likeness (QED) is 0.238. The van der Waals surface area contributed by atoms with Gasteiger partial charge in [0, 0.05) is 22.2 Å². The van der Waals surface area contributed by atoms with Gasteiger partial charge in [-0.3, -0.25) is 4.57 Å². The maximum absolute atomic E-state index is 6.43. The number of hydrogen-bond acceptors (Lipinski definition) is 2. The molecule has 0 aliphatic heterocycles. The highest BCUT2D eigenvalue weighted by Gasteiger charge is 2.43. The summed E-state index contributed by atoms with van der Waals surface area (Å²) in [5.74, 6) is 0. The second-order valence-corrected chi connectivity index (χ2v) is 10.2. The summed E-state index contributed by atoms with van der Waals surface area (Å²) in [6, 6.07) is 23.1. The third-order valence-electron chi connectivity index (χ3n) is 6.43. The van der Waals surface area contributed by atoms with E-state index in [2.05, 4.69) is 78.4 Å².